The Kier molecular flexibility index (Phi) is 3.38. The van der Waals surface area contributed by atoms with Crippen LogP contribution in [0.1, 0.15) is 24.5 Å². The summed E-state index contributed by atoms with van der Waals surface area (Å²) in [7, 11) is 1.58. The molecule has 0 aromatic heterocycles. The van der Waals surface area contributed by atoms with E-state index in [0.717, 1.165) is 11.1 Å². The van der Waals surface area contributed by atoms with Crippen LogP contribution in [-0.4, -0.2) is 18.7 Å². The monoisotopic (exact) mass is 256 g/mol. The van der Waals surface area contributed by atoms with Gasteiger partial charge in [-0.3, -0.25) is 9.59 Å². The summed E-state index contributed by atoms with van der Waals surface area (Å²) >= 11 is 0. The van der Waals surface area contributed by atoms with Gasteiger partial charge in [-0.25, -0.2) is 0 Å². The molecule has 1 atom stereocenters. The van der Waals surface area contributed by atoms with Crippen molar-refractivity contribution in [2.24, 2.45) is 0 Å². The molecule has 1 aliphatic rings. The van der Waals surface area contributed by atoms with E-state index in [9.17, 15) is 9.59 Å². The minimum Gasteiger partial charge on any atom is -0.497 e. The topological polar surface area (TPSA) is 43.4 Å². The number of benzene rings is 1. The zero-order valence-electron chi connectivity index (χ0n) is 11.1. The molecular formula is C16H16O3. The number of methoxy groups -OCH3 is 1. The van der Waals surface area contributed by atoms with Gasteiger partial charge in [-0.15, -0.1) is 6.58 Å². The first kappa shape index (κ1) is 13.3. The molecule has 0 spiro atoms. The van der Waals surface area contributed by atoms with Crippen molar-refractivity contribution in [3.8, 4) is 5.75 Å². The lowest BCUT2D eigenvalue weighted by molar-refractivity contribution is -0.131. The van der Waals surface area contributed by atoms with Crippen molar-refractivity contribution in [3.63, 3.8) is 0 Å². The third kappa shape index (κ3) is 1.91. The summed E-state index contributed by atoms with van der Waals surface area (Å²) in [6, 6.07) is 5.39. The van der Waals surface area contributed by atoms with E-state index in [2.05, 4.69) is 6.58 Å². The van der Waals surface area contributed by atoms with E-state index >= 15 is 0 Å². The number of fused-ring (bicyclic) bond motifs is 1. The average molecular weight is 256 g/mol. The predicted molar refractivity (Wildman–Crippen MR) is 74.2 cm³/mol. The zero-order valence-corrected chi connectivity index (χ0v) is 11.1. The molecule has 1 aromatic rings. The number of allylic oxidation sites excluding steroid dienone is 2. The quantitative estimate of drug-likeness (QED) is 0.614. The van der Waals surface area contributed by atoms with Crippen molar-refractivity contribution >= 4 is 17.6 Å². The van der Waals surface area contributed by atoms with Gasteiger partial charge in [0.2, 0.25) is 0 Å². The normalized spacial score (nSPS) is 20.8. The highest BCUT2D eigenvalue weighted by Gasteiger charge is 2.45. The van der Waals surface area contributed by atoms with Gasteiger partial charge >= 0.3 is 0 Å². The number of hydrogen-bond donors (Lipinski definition) is 0. The third-order valence-corrected chi connectivity index (χ3v) is 3.60. The van der Waals surface area contributed by atoms with E-state index < -0.39 is 5.41 Å². The van der Waals surface area contributed by atoms with Gasteiger partial charge in [0.15, 0.2) is 5.78 Å². The van der Waals surface area contributed by atoms with Crippen molar-refractivity contribution in [2.75, 3.05) is 7.11 Å². The molecule has 3 nitrogen and oxygen atoms in total. The second-order valence-electron chi connectivity index (χ2n) is 4.61. The average Bonchev–Trinajstić information content (AvgIpc) is 2.41. The fourth-order valence-electron chi connectivity index (χ4n) is 2.57. The molecule has 0 N–H and O–H groups in total. The van der Waals surface area contributed by atoms with Crippen LogP contribution in [0.25, 0.3) is 6.08 Å². The van der Waals surface area contributed by atoms with Gasteiger partial charge in [-0.05, 0) is 42.7 Å². The Bertz CT molecular complexity index is 584. The Morgan fingerprint density at radius 1 is 1.42 bits per heavy atom. The maximum atomic E-state index is 12.3. The van der Waals surface area contributed by atoms with Crippen LogP contribution in [0.4, 0.5) is 0 Å². The van der Waals surface area contributed by atoms with E-state index in [4.69, 9.17) is 4.74 Å². The fraction of sp³-hybridized carbons (Fsp3) is 0.250. The molecule has 1 aliphatic carbocycles. The Balaban J connectivity index is 2.70. The number of rotatable bonds is 4. The highest BCUT2D eigenvalue weighted by molar-refractivity contribution is 6.19. The van der Waals surface area contributed by atoms with E-state index in [1.165, 1.54) is 13.0 Å². The summed E-state index contributed by atoms with van der Waals surface area (Å²) in [6.07, 6.45) is 5.12. The minimum absolute atomic E-state index is 0.159. The first-order chi connectivity index (χ1) is 9.06. The van der Waals surface area contributed by atoms with Crippen LogP contribution in [0.3, 0.4) is 0 Å². The van der Waals surface area contributed by atoms with Crippen molar-refractivity contribution in [2.45, 2.75) is 18.8 Å². The van der Waals surface area contributed by atoms with Gasteiger partial charge in [0, 0.05) is 0 Å². The van der Waals surface area contributed by atoms with E-state index in [-0.39, 0.29) is 11.6 Å². The Morgan fingerprint density at radius 3 is 2.74 bits per heavy atom. The number of ketones is 2. The minimum atomic E-state index is -1.13. The predicted octanol–water partition coefficient (Wildman–Crippen LogP) is 2.69. The fourth-order valence-corrected chi connectivity index (χ4v) is 2.57. The molecule has 19 heavy (non-hydrogen) atoms. The van der Waals surface area contributed by atoms with Crippen molar-refractivity contribution in [1.82, 2.24) is 0 Å². The largest absolute Gasteiger partial charge is 0.497 e. The second-order valence-corrected chi connectivity index (χ2v) is 4.61. The first-order valence-corrected chi connectivity index (χ1v) is 6.09. The molecule has 98 valence electrons. The molecule has 0 fully saturated rings. The second kappa shape index (κ2) is 4.84. The first-order valence-electron chi connectivity index (χ1n) is 6.09. The van der Waals surface area contributed by atoms with Crippen LogP contribution in [0.5, 0.6) is 5.75 Å². The van der Waals surface area contributed by atoms with Crippen LogP contribution in [0, 0.1) is 0 Å². The molecular weight excluding hydrogens is 240 g/mol. The molecule has 0 aliphatic heterocycles. The van der Waals surface area contributed by atoms with Crippen molar-refractivity contribution in [3.05, 3.63) is 48.1 Å². The smallest absolute Gasteiger partial charge is 0.173 e. The third-order valence-electron chi connectivity index (χ3n) is 3.60. The molecule has 0 amide bonds. The summed E-state index contributed by atoms with van der Waals surface area (Å²) < 4.78 is 5.17. The lowest BCUT2D eigenvalue weighted by Crippen LogP contribution is -2.43. The Morgan fingerprint density at radius 2 is 2.16 bits per heavy atom. The molecule has 1 aromatic carbocycles. The van der Waals surface area contributed by atoms with Crippen LogP contribution < -0.4 is 4.74 Å². The summed E-state index contributed by atoms with van der Waals surface area (Å²) in [5, 5.41) is 0. The maximum absolute atomic E-state index is 12.3. The number of ether oxygens (including phenoxy) is 1. The molecule has 0 saturated carbocycles. The van der Waals surface area contributed by atoms with Crippen LogP contribution in [0.2, 0.25) is 0 Å². The molecule has 0 bridgehead atoms. The van der Waals surface area contributed by atoms with Gasteiger partial charge in [0.1, 0.15) is 16.9 Å². The summed E-state index contributed by atoms with van der Waals surface area (Å²) in [5.74, 6) is 0.361. The van der Waals surface area contributed by atoms with Crippen molar-refractivity contribution in [1.29, 1.82) is 0 Å². The highest BCUT2D eigenvalue weighted by Crippen LogP contribution is 2.38. The summed E-state index contributed by atoms with van der Waals surface area (Å²) in [4.78, 5) is 24.4. The lowest BCUT2D eigenvalue weighted by Gasteiger charge is -2.32. The number of carbonyl (C=O) groups is 2. The molecule has 3 heteroatoms. The number of hydrogen-bond acceptors (Lipinski definition) is 3. The maximum Gasteiger partial charge on any atom is 0.173 e. The van der Waals surface area contributed by atoms with Gasteiger partial charge < -0.3 is 4.74 Å². The molecule has 0 heterocycles. The Hall–Kier alpha value is -2.16. The molecule has 1 unspecified atom stereocenters. The van der Waals surface area contributed by atoms with Crippen LogP contribution in [-0.2, 0) is 15.0 Å². The standard InChI is InChI=1S/C16H16O3/c1-4-9-16(11(2)17)14-7-6-13(19-3)10-12(14)5-8-15(16)18/h4-8,10H,1,9H2,2-3H3. The molecule has 0 saturated heterocycles. The Labute approximate surface area is 112 Å². The lowest BCUT2D eigenvalue weighted by atomic mass is 9.67. The molecule has 0 radical (unpaired) electrons. The number of Topliss-reactive ketones (excluding diaryl/α,β-unsaturated/α-hetero) is 1. The van der Waals surface area contributed by atoms with E-state index in [1.54, 1.807) is 31.4 Å². The van der Waals surface area contributed by atoms with E-state index in [1.807, 2.05) is 6.07 Å². The van der Waals surface area contributed by atoms with Crippen LogP contribution in [0.15, 0.2) is 36.9 Å². The summed E-state index contributed by atoms with van der Waals surface area (Å²) in [6.45, 7) is 5.12. The van der Waals surface area contributed by atoms with E-state index in [0.29, 0.717) is 12.2 Å². The van der Waals surface area contributed by atoms with Crippen LogP contribution >= 0.6 is 0 Å². The van der Waals surface area contributed by atoms with Gasteiger partial charge in [-0.2, -0.15) is 0 Å². The molecule has 2 rings (SSSR count). The van der Waals surface area contributed by atoms with Crippen molar-refractivity contribution < 1.29 is 14.3 Å². The van der Waals surface area contributed by atoms with Gasteiger partial charge in [0.05, 0.1) is 7.11 Å². The zero-order chi connectivity index (χ0) is 14.0. The van der Waals surface area contributed by atoms with Gasteiger partial charge in [0.25, 0.3) is 0 Å². The highest BCUT2D eigenvalue weighted by atomic mass is 16.5. The summed E-state index contributed by atoms with van der Waals surface area (Å²) in [5.41, 5.74) is 0.446. The SMILES string of the molecule is C=CCC1(C(C)=O)C(=O)C=Cc2cc(OC)ccc21. The van der Waals surface area contributed by atoms with Gasteiger partial charge in [-0.1, -0.05) is 18.2 Å². The number of carbonyl (C=O) groups excluding carboxylic acids is 2.